The number of rotatable bonds is 3. The van der Waals surface area contributed by atoms with E-state index in [1.54, 1.807) is 18.6 Å². The Morgan fingerprint density at radius 3 is 3.06 bits per heavy atom. The molecular weight excluding hydrogens is 224 g/mol. The summed E-state index contributed by atoms with van der Waals surface area (Å²) in [4.78, 5) is 29.6. The van der Waals surface area contributed by atoms with Crippen molar-refractivity contribution in [1.29, 1.82) is 0 Å². The Bertz CT molecular complexity index is 389. The first-order valence-corrected chi connectivity index (χ1v) is 6.25. The van der Waals surface area contributed by atoms with Crippen molar-refractivity contribution in [1.82, 2.24) is 9.88 Å². The summed E-state index contributed by atoms with van der Waals surface area (Å²) >= 11 is 1.35. The van der Waals surface area contributed by atoms with Crippen LogP contribution in [0.1, 0.15) is 35.9 Å². The summed E-state index contributed by atoms with van der Waals surface area (Å²) in [5.41, 5.74) is 1.66. The molecule has 1 atom stereocenters. The molecule has 2 rings (SSSR count). The van der Waals surface area contributed by atoms with Gasteiger partial charge in [-0.05, 0) is 19.8 Å². The van der Waals surface area contributed by atoms with E-state index in [0.717, 1.165) is 19.4 Å². The maximum atomic E-state index is 12.1. The van der Waals surface area contributed by atoms with Crippen LogP contribution in [0, 0.1) is 0 Å². The van der Waals surface area contributed by atoms with Gasteiger partial charge in [-0.1, -0.05) is 0 Å². The van der Waals surface area contributed by atoms with Crippen molar-refractivity contribution in [3.05, 3.63) is 16.6 Å². The Balaban J connectivity index is 2.08. The van der Waals surface area contributed by atoms with Crippen LogP contribution in [-0.4, -0.2) is 34.2 Å². The number of carbonyl (C=O) groups excluding carboxylic acids is 2. The minimum atomic E-state index is 0.0197. The Morgan fingerprint density at radius 1 is 1.62 bits per heavy atom. The van der Waals surface area contributed by atoms with Gasteiger partial charge in [0.15, 0.2) is 0 Å². The normalized spacial score (nSPS) is 20.1. The van der Waals surface area contributed by atoms with E-state index in [4.69, 9.17) is 0 Å². The van der Waals surface area contributed by atoms with Crippen LogP contribution in [0.2, 0.25) is 0 Å². The van der Waals surface area contributed by atoms with Crippen LogP contribution in [0.3, 0.4) is 0 Å². The number of thiazole rings is 1. The number of ketones is 1. The van der Waals surface area contributed by atoms with Crippen molar-refractivity contribution in [2.75, 3.05) is 6.54 Å². The molecule has 1 fully saturated rings. The van der Waals surface area contributed by atoms with Gasteiger partial charge in [-0.3, -0.25) is 14.6 Å². The van der Waals surface area contributed by atoms with Crippen molar-refractivity contribution in [2.24, 2.45) is 0 Å². The van der Waals surface area contributed by atoms with Crippen LogP contribution < -0.4 is 0 Å². The number of nitrogens with zero attached hydrogens (tertiary/aromatic N) is 2. The first-order chi connectivity index (χ1) is 7.68. The summed E-state index contributed by atoms with van der Waals surface area (Å²) in [6.07, 6.45) is 3.99. The van der Waals surface area contributed by atoms with E-state index in [9.17, 15) is 9.59 Å². The largest absolute Gasteiger partial charge is 0.334 e. The van der Waals surface area contributed by atoms with Crippen LogP contribution in [0.15, 0.2) is 11.7 Å². The molecule has 2 heterocycles. The minimum absolute atomic E-state index is 0.0197. The van der Waals surface area contributed by atoms with Gasteiger partial charge < -0.3 is 4.90 Å². The molecule has 1 unspecified atom stereocenters. The molecule has 1 saturated heterocycles. The minimum Gasteiger partial charge on any atom is -0.334 e. The average Bonchev–Trinajstić information content (AvgIpc) is 2.84. The summed E-state index contributed by atoms with van der Waals surface area (Å²) in [6, 6.07) is 0.0899. The number of amides is 1. The second-order valence-corrected chi connectivity index (χ2v) is 4.95. The van der Waals surface area contributed by atoms with Gasteiger partial charge in [-0.25, -0.2) is 0 Å². The van der Waals surface area contributed by atoms with Crippen LogP contribution in [-0.2, 0) is 4.79 Å². The van der Waals surface area contributed by atoms with Gasteiger partial charge in [0.2, 0.25) is 0 Å². The molecular formula is C11H14N2O2S. The number of hydrogen-bond donors (Lipinski definition) is 0. The Hall–Kier alpha value is -1.23. The number of hydrogen-bond acceptors (Lipinski definition) is 4. The molecule has 0 aliphatic carbocycles. The number of Topliss-reactive ketones (excluding diaryl/α,β-unsaturated/α-hetero) is 1. The highest BCUT2D eigenvalue weighted by atomic mass is 32.1. The molecule has 1 aliphatic rings. The van der Waals surface area contributed by atoms with Gasteiger partial charge >= 0.3 is 0 Å². The predicted molar refractivity (Wildman–Crippen MR) is 61.5 cm³/mol. The van der Waals surface area contributed by atoms with Gasteiger partial charge in [0.25, 0.3) is 5.91 Å². The molecule has 16 heavy (non-hydrogen) atoms. The zero-order valence-corrected chi connectivity index (χ0v) is 10.00. The second-order valence-electron chi connectivity index (χ2n) is 4.07. The van der Waals surface area contributed by atoms with Crippen molar-refractivity contribution < 1.29 is 9.59 Å². The molecule has 0 N–H and O–H groups in total. The Labute approximate surface area is 98.3 Å². The fourth-order valence-electron chi connectivity index (χ4n) is 2.11. The number of aromatic nitrogens is 1. The van der Waals surface area contributed by atoms with E-state index < -0.39 is 0 Å². The third-order valence-corrected chi connectivity index (χ3v) is 3.57. The quantitative estimate of drug-likeness (QED) is 0.805. The summed E-state index contributed by atoms with van der Waals surface area (Å²) < 4.78 is 0. The monoisotopic (exact) mass is 238 g/mol. The smallest absolute Gasteiger partial charge is 0.265 e. The fraction of sp³-hybridized carbons (Fsp3) is 0.545. The van der Waals surface area contributed by atoms with Gasteiger partial charge in [0.1, 0.15) is 10.7 Å². The fourth-order valence-corrected chi connectivity index (χ4v) is 2.69. The highest BCUT2D eigenvalue weighted by Crippen LogP contribution is 2.23. The third-order valence-electron chi connectivity index (χ3n) is 2.80. The van der Waals surface area contributed by atoms with E-state index >= 15 is 0 Å². The molecule has 5 heteroatoms. The van der Waals surface area contributed by atoms with Gasteiger partial charge in [-0.15, -0.1) is 11.3 Å². The van der Waals surface area contributed by atoms with E-state index in [1.807, 2.05) is 4.90 Å². The van der Waals surface area contributed by atoms with Crippen LogP contribution in [0.25, 0.3) is 0 Å². The molecule has 0 bridgehead atoms. The first kappa shape index (κ1) is 11.3. The molecule has 0 spiro atoms. The zero-order chi connectivity index (χ0) is 11.5. The second kappa shape index (κ2) is 4.74. The number of likely N-dealkylation sites (tertiary alicyclic amines) is 1. The van der Waals surface area contributed by atoms with E-state index in [-0.39, 0.29) is 17.7 Å². The van der Waals surface area contributed by atoms with Crippen LogP contribution in [0.4, 0.5) is 0 Å². The predicted octanol–water partition coefficient (Wildman–Crippen LogP) is 1.73. The van der Waals surface area contributed by atoms with Crippen molar-refractivity contribution in [2.45, 2.75) is 32.2 Å². The summed E-state index contributed by atoms with van der Waals surface area (Å²) in [5, 5.41) is 0. The molecule has 0 radical (unpaired) electrons. The Kier molecular flexibility index (Phi) is 3.33. The van der Waals surface area contributed by atoms with E-state index in [1.165, 1.54) is 11.3 Å². The van der Waals surface area contributed by atoms with Crippen LogP contribution in [0.5, 0.6) is 0 Å². The molecule has 86 valence electrons. The summed E-state index contributed by atoms with van der Waals surface area (Å²) in [5.74, 6) is 0.167. The van der Waals surface area contributed by atoms with Crippen molar-refractivity contribution in [3.63, 3.8) is 0 Å². The first-order valence-electron chi connectivity index (χ1n) is 5.37. The van der Waals surface area contributed by atoms with E-state index in [0.29, 0.717) is 11.3 Å². The van der Waals surface area contributed by atoms with Gasteiger partial charge in [0.05, 0.1) is 11.7 Å². The van der Waals surface area contributed by atoms with E-state index in [2.05, 4.69) is 4.98 Å². The molecule has 1 aliphatic heterocycles. The Morgan fingerprint density at radius 2 is 2.44 bits per heavy atom. The van der Waals surface area contributed by atoms with Gasteiger partial charge in [0, 0.05) is 19.0 Å². The lowest BCUT2D eigenvalue weighted by Gasteiger charge is -2.23. The lowest BCUT2D eigenvalue weighted by atomic mass is 10.1. The van der Waals surface area contributed by atoms with Crippen molar-refractivity contribution in [3.8, 4) is 0 Å². The standard InChI is InChI=1S/C11H14N2O2S/c1-8(14)5-9-3-2-4-13(9)11(15)10-6-12-7-16-10/h6-7,9H,2-5H2,1H3. The lowest BCUT2D eigenvalue weighted by Crippen LogP contribution is -2.36. The SMILES string of the molecule is CC(=O)CC1CCCN1C(=O)c1cncs1. The molecule has 1 amide bonds. The molecule has 1 aromatic rings. The number of carbonyl (C=O) groups is 2. The van der Waals surface area contributed by atoms with Gasteiger partial charge in [-0.2, -0.15) is 0 Å². The molecule has 4 nitrogen and oxygen atoms in total. The topological polar surface area (TPSA) is 50.3 Å². The molecule has 0 aromatic carbocycles. The maximum absolute atomic E-state index is 12.1. The lowest BCUT2D eigenvalue weighted by molar-refractivity contribution is -0.117. The van der Waals surface area contributed by atoms with Crippen molar-refractivity contribution >= 4 is 23.0 Å². The molecule has 1 aromatic heterocycles. The van der Waals surface area contributed by atoms with Crippen LogP contribution >= 0.6 is 11.3 Å². The zero-order valence-electron chi connectivity index (χ0n) is 9.18. The summed E-state index contributed by atoms with van der Waals surface area (Å²) in [7, 11) is 0. The average molecular weight is 238 g/mol. The third kappa shape index (κ3) is 2.29. The highest BCUT2D eigenvalue weighted by molar-refractivity contribution is 7.11. The highest BCUT2D eigenvalue weighted by Gasteiger charge is 2.30. The summed E-state index contributed by atoms with van der Waals surface area (Å²) in [6.45, 7) is 2.34. The molecule has 0 saturated carbocycles. The maximum Gasteiger partial charge on any atom is 0.265 e.